The first-order valence-corrected chi connectivity index (χ1v) is 3.55. The third-order valence-electron chi connectivity index (χ3n) is 1.15. The summed E-state index contributed by atoms with van der Waals surface area (Å²) in [5, 5.41) is 1.96. The number of rotatable bonds is 0. The van der Waals surface area contributed by atoms with E-state index in [0.29, 0.717) is 0 Å². The fourth-order valence-electron chi connectivity index (χ4n) is 0.751. The first-order valence-electron chi connectivity index (χ1n) is 2.67. The summed E-state index contributed by atoms with van der Waals surface area (Å²) in [6.07, 6.45) is 1.81. The van der Waals surface area contributed by atoms with Crippen LogP contribution in [-0.2, 0) is 0 Å². The molecule has 0 amide bonds. The summed E-state index contributed by atoms with van der Waals surface area (Å²) in [6.45, 7) is 0. The molecule has 0 aromatic heterocycles. The van der Waals surface area contributed by atoms with E-state index < -0.39 is 0 Å². The SMILES string of the molecule is [c]1ccc2nccsc1-2. The highest BCUT2D eigenvalue weighted by Crippen LogP contribution is 2.22. The Morgan fingerprint density at radius 3 is 3.44 bits per heavy atom. The summed E-state index contributed by atoms with van der Waals surface area (Å²) in [7, 11) is 0. The molecule has 0 saturated heterocycles. The fourth-order valence-corrected chi connectivity index (χ4v) is 1.39. The third kappa shape index (κ3) is 0.715. The Morgan fingerprint density at radius 1 is 1.56 bits per heavy atom. The molecule has 1 nitrogen and oxygen atoms in total. The Kier molecular flexibility index (Phi) is 0.993. The van der Waals surface area contributed by atoms with Crippen molar-refractivity contribution in [1.29, 1.82) is 0 Å². The van der Waals surface area contributed by atoms with Crippen LogP contribution in [0.15, 0.2) is 23.7 Å². The van der Waals surface area contributed by atoms with Gasteiger partial charge in [-0.1, -0.05) is 6.07 Å². The van der Waals surface area contributed by atoms with Crippen molar-refractivity contribution >= 4 is 11.3 Å². The first-order chi connectivity index (χ1) is 4.47. The molecule has 0 aromatic carbocycles. The molecule has 0 atom stereocenters. The molecule has 1 radical (unpaired) electrons. The summed E-state index contributed by atoms with van der Waals surface area (Å²) < 4.78 is 0. The fraction of sp³-hybridized carbons (Fsp3) is 0. The minimum atomic E-state index is 1.04. The van der Waals surface area contributed by atoms with Gasteiger partial charge < -0.3 is 0 Å². The monoisotopic (exact) mass is 134 g/mol. The molecule has 2 aliphatic rings. The van der Waals surface area contributed by atoms with Crippen molar-refractivity contribution in [3.8, 4) is 10.6 Å². The second kappa shape index (κ2) is 1.81. The van der Waals surface area contributed by atoms with Gasteiger partial charge in [0.2, 0.25) is 0 Å². The predicted molar refractivity (Wildman–Crippen MR) is 37.6 cm³/mol. The highest BCUT2D eigenvalue weighted by Gasteiger charge is 1.99. The quantitative estimate of drug-likeness (QED) is 0.537. The molecule has 0 N–H and O–H groups in total. The number of hydrogen-bond acceptors (Lipinski definition) is 2. The molecule has 1 aliphatic heterocycles. The molecular weight excluding hydrogens is 130 g/mol. The highest BCUT2D eigenvalue weighted by molar-refractivity contribution is 7.13. The van der Waals surface area contributed by atoms with Gasteiger partial charge >= 0.3 is 0 Å². The van der Waals surface area contributed by atoms with Crippen LogP contribution in [0.2, 0.25) is 0 Å². The van der Waals surface area contributed by atoms with Crippen LogP contribution in [0.5, 0.6) is 0 Å². The first kappa shape index (κ1) is 4.94. The molecule has 1 heterocycles. The van der Waals surface area contributed by atoms with Gasteiger partial charge in [-0.05, 0) is 6.07 Å². The predicted octanol–water partition coefficient (Wildman–Crippen LogP) is 2.05. The zero-order chi connectivity index (χ0) is 6.10. The molecule has 0 aromatic rings. The molecule has 0 fully saturated rings. The maximum absolute atomic E-state index is 4.12. The van der Waals surface area contributed by atoms with E-state index in [0.717, 1.165) is 10.6 Å². The van der Waals surface area contributed by atoms with E-state index in [9.17, 15) is 0 Å². The van der Waals surface area contributed by atoms with Gasteiger partial charge in [-0.3, -0.25) is 4.98 Å². The maximum Gasteiger partial charge on any atom is 0.0808 e. The van der Waals surface area contributed by atoms with Gasteiger partial charge in [-0.15, -0.1) is 11.3 Å². The number of hydrogen-bond donors (Lipinski definition) is 0. The van der Waals surface area contributed by atoms with Gasteiger partial charge in [0.05, 0.1) is 10.6 Å². The van der Waals surface area contributed by atoms with E-state index >= 15 is 0 Å². The van der Waals surface area contributed by atoms with Gasteiger partial charge in [-0.25, -0.2) is 0 Å². The summed E-state index contributed by atoms with van der Waals surface area (Å²) in [5.41, 5.74) is 1.04. The Labute approximate surface area is 57.3 Å². The minimum Gasteiger partial charge on any atom is -0.255 e. The molecule has 0 spiro atoms. The standard InChI is InChI=1S/C7H4NS/c1-2-6-7(3-1)9-5-4-8-6/h1-2,4-5H. The summed E-state index contributed by atoms with van der Waals surface area (Å²) in [4.78, 5) is 5.26. The van der Waals surface area contributed by atoms with Gasteiger partial charge in [0.1, 0.15) is 0 Å². The topological polar surface area (TPSA) is 12.9 Å². The van der Waals surface area contributed by atoms with Gasteiger partial charge in [0.25, 0.3) is 0 Å². The summed E-state index contributed by atoms with van der Waals surface area (Å²) >= 11 is 1.67. The van der Waals surface area contributed by atoms with Crippen molar-refractivity contribution in [2.45, 2.75) is 0 Å². The lowest BCUT2D eigenvalue weighted by molar-refractivity contribution is 1.38. The largest absolute Gasteiger partial charge is 0.255 e. The van der Waals surface area contributed by atoms with E-state index in [1.807, 2.05) is 17.5 Å². The maximum atomic E-state index is 4.12. The van der Waals surface area contributed by atoms with Crippen molar-refractivity contribution in [3.63, 3.8) is 0 Å². The van der Waals surface area contributed by atoms with Crippen LogP contribution in [0.4, 0.5) is 0 Å². The van der Waals surface area contributed by atoms with Crippen LogP contribution in [0.3, 0.4) is 0 Å². The van der Waals surface area contributed by atoms with E-state index in [1.54, 1.807) is 17.5 Å². The van der Waals surface area contributed by atoms with Crippen molar-refractivity contribution in [3.05, 3.63) is 29.8 Å². The Bertz CT molecular complexity index is 249. The molecular formula is C7H4NS. The molecule has 0 bridgehead atoms. The molecule has 0 saturated carbocycles. The smallest absolute Gasteiger partial charge is 0.0808 e. The van der Waals surface area contributed by atoms with Crippen LogP contribution in [0.1, 0.15) is 0 Å². The average Bonchev–Trinajstić information content (AvgIpc) is 2.33. The Morgan fingerprint density at radius 2 is 2.56 bits per heavy atom. The molecule has 9 heavy (non-hydrogen) atoms. The molecule has 43 valence electrons. The summed E-state index contributed by atoms with van der Waals surface area (Å²) in [6, 6.07) is 6.94. The summed E-state index contributed by atoms with van der Waals surface area (Å²) in [5.74, 6) is 0. The average molecular weight is 134 g/mol. The number of nitrogens with zero attached hydrogens (tertiary/aromatic N) is 1. The Balaban J connectivity index is 2.79. The zero-order valence-electron chi connectivity index (χ0n) is 4.66. The third-order valence-corrected chi connectivity index (χ3v) is 1.97. The van der Waals surface area contributed by atoms with Crippen LogP contribution in [0.25, 0.3) is 10.6 Å². The van der Waals surface area contributed by atoms with Crippen LogP contribution < -0.4 is 0 Å². The molecule has 0 unspecified atom stereocenters. The van der Waals surface area contributed by atoms with Gasteiger partial charge in [-0.2, -0.15) is 0 Å². The van der Waals surface area contributed by atoms with Crippen LogP contribution in [-0.4, -0.2) is 4.98 Å². The normalized spacial score (nSPS) is 10.2. The van der Waals surface area contributed by atoms with E-state index in [1.165, 1.54) is 0 Å². The van der Waals surface area contributed by atoms with E-state index in [-0.39, 0.29) is 0 Å². The second-order valence-corrected chi connectivity index (χ2v) is 2.64. The minimum absolute atomic E-state index is 1.04. The molecule has 2 rings (SSSR count). The van der Waals surface area contributed by atoms with E-state index in [2.05, 4.69) is 11.1 Å². The van der Waals surface area contributed by atoms with Crippen molar-refractivity contribution in [2.75, 3.05) is 0 Å². The number of fused-ring (bicyclic) bond motifs is 1. The van der Waals surface area contributed by atoms with Gasteiger partial charge in [0, 0.05) is 17.6 Å². The van der Waals surface area contributed by atoms with Crippen LogP contribution in [0, 0.1) is 6.07 Å². The van der Waals surface area contributed by atoms with E-state index in [4.69, 9.17) is 0 Å². The lowest BCUT2D eigenvalue weighted by Crippen LogP contribution is -1.71. The van der Waals surface area contributed by atoms with Gasteiger partial charge in [0.15, 0.2) is 0 Å². The van der Waals surface area contributed by atoms with Crippen molar-refractivity contribution < 1.29 is 0 Å². The number of aromatic nitrogens is 1. The highest BCUT2D eigenvalue weighted by atomic mass is 32.1. The van der Waals surface area contributed by atoms with Crippen molar-refractivity contribution in [1.82, 2.24) is 4.98 Å². The molecule has 2 heteroatoms. The lowest BCUT2D eigenvalue weighted by Gasteiger charge is -1.89. The lowest BCUT2D eigenvalue weighted by atomic mass is 10.4. The second-order valence-electron chi connectivity index (χ2n) is 1.72. The van der Waals surface area contributed by atoms with Crippen molar-refractivity contribution in [2.24, 2.45) is 0 Å². The Hall–Kier alpha value is -0.890. The molecule has 1 aliphatic carbocycles. The van der Waals surface area contributed by atoms with Crippen LogP contribution >= 0.6 is 11.3 Å². The zero-order valence-corrected chi connectivity index (χ0v) is 5.48.